The average Bonchev–Trinajstić information content (AvgIpc) is 2.68. The van der Waals surface area contributed by atoms with E-state index in [1.165, 1.54) is 5.56 Å². The van der Waals surface area contributed by atoms with Gasteiger partial charge in [-0.2, -0.15) is 13.2 Å². The number of likely N-dealkylation sites (tertiary alicyclic amines) is 1. The van der Waals surface area contributed by atoms with Crippen LogP contribution in [0.2, 0.25) is 0 Å². The lowest BCUT2D eigenvalue weighted by atomic mass is 10.0. The Morgan fingerprint density at radius 3 is 2.41 bits per heavy atom. The highest BCUT2D eigenvalue weighted by Crippen LogP contribution is 2.27. The Bertz CT molecular complexity index is 757. The minimum Gasteiger partial charge on any atom is -0.349 e. The number of rotatable bonds is 4. The number of carbonyl (C=O) groups excluding carboxylic acids is 1. The molecule has 2 aromatic heterocycles. The number of halogens is 3. The standard InChI is InChI=1S/C19H21F3N4O/c1-13(14-4-8-23-9-5-14)26-10-6-16(7-11-26)25-18(27)15-2-3-17(24-12-15)19(20,21)22/h2-5,8-9,12-13,16H,6-7,10-11H2,1H3,(H,25,27)/t13-/m1/s1. The number of hydrogen-bond donors (Lipinski definition) is 1. The van der Waals surface area contributed by atoms with Gasteiger partial charge in [-0.05, 0) is 49.6 Å². The molecule has 3 rings (SSSR count). The summed E-state index contributed by atoms with van der Waals surface area (Å²) in [7, 11) is 0. The lowest BCUT2D eigenvalue weighted by Crippen LogP contribution is -2.45. The number of amides is 1. The second-order valence-corrected chi connectivity index (χ2v) is 6.67. The molecule has 27 heavy (non-hydrogen) atoms. The molecule has 0 aromatic carbocycles. The summed E-state index contributed by atoms with van der Waals surface area (Å²) in [5, 5.41) is 2.90. The summed E-state index contributed by atoms with van der Waals surface area (Å²) in [5.41, 5.74) is 0.330. The Labute approximate surface area is 155 Å². The number of nitrogens with one attached hydrogen (secondary N) is 1. The van der Waals surface area contributed by atoms with Gasteiger partial charge in [-0.25, -0.2) is 0 Å². The van der Waals surface area contributed by atoms with Gasteiger partial charge in [-0.1, -0.05) is 0 Å². The number of pyridine rings is 2. The molecule has 0 radical (unpaired) electrons. The summed E-state index contributed by atoms with van der Waals surface area (Å²) in [6.07, 6.45) is 1.59. The van der Waals surface area contributed by atoms with E-state index in [4.69, 9.17) is 0 Å². The van der Waals surface area contributed by atoms with Crippen molar-refractivity contribution in [2.75, 3.05) is 13.1 Å². The number of aromatic nitrogens is 2. The molecule has 2 aromatic rings. The highest BCUT2D eigenvalue weighted by molar-refractivity contribution is 5.94. The smallest absolute Gasteiger partial charge is 0.349 e. The molecule has 1 N–H and O–H groups in total. The maximum absolute atomic E-state index is 12.5. The van der Waals surface area contributed by atoms with E-state index in [-0.39, 0.29) is 17.6 Å². The van der Waals surface area contributed by atoms with Crippen LogP contribution in [-0.4, -0.2) is 39.9 Å². The number of carbonyl (C=O) groups is 1. The highest BCUT2D eigenvalue weighted by atomic mass is 19.4. The summed E-state index contributed by atoms with van der Waals surface area (Å²) < 4.78 is 37.6. The Morgan fingerprint density at radius 2 is 1.85 bits per heavy atom. The van der Waals surface area contributed by atoms with E-state index in [9.17, 15) is 18.0 Å². The van der Waals surface area contributed by atoms with Crippen LogP contribution in [-0.2, 0) is 6.18 Å². The lowest BCUT2D eigenvalue weighted by Gasteiger charge is -2.36. The molecule has 1 aliphatic heterocycles. The van der Waals surface area contributed by atoms with Crippen molar-refractivity contribution in [3.63, 3.8) is 0 Å². The molecule has 0 aliphatic carbocycles. The van der Waals surface area contributed by atoms with E-state index in [1.54, 1.807) is 12.4 Å². The second-order valence-electron chi connectivity index (χ2n) is 6.67. The third-order valence-corrected chi connectivity index (χ3v) is 4.92. The quantitative estimate of drug-likeness (QED) is 0.885. The normalized spacial score (nSPS) is 17.5. The van der Waals surface area contributed by atoms with E-state index in [0.29, 0.717) is 0 Å². The Balaban J connectivity index is 1.52. The van der Waals surface area contributed by atoms with Crippen LogP contribution >= 0.6 is 0 Å². The summed E-state index contributed by atoms with van der Waals surface area (Å²) in [5.74, 6) is -0.392. The molecule has 3 heterocycles. The van der Waals surface area contributed by atoms with Crippen LogP contribution < -0.4 is 5.32 Å². The maximum Gasteiger partial charge on any atom is 0.433 e. The number of hydrogen-bond acceptors (Lipinski definition) is 4. The molecule has 0 unspecified atom stereocenters. The summed E-state index contributed by atoms with van der Waals surface area (Å²) in [6, 6.07) is 6.25. The second kappa shape index (κ2) is 8.04. The minimum atomic E-state index is -4.51. The minimum absolute atomic E-state index is 0.000632. The predicted octanol–water partition coefficient (Wildman–Crippen LogP) is 3.45. The van der Waals surface area contributed by atoms with E-state index >= 15 is 0 Å². The first-order chi connectivity index (χ1) is 12.8. The van der Waals surface area contributed by atoms with Crippen LogP contribution in [0.25, 0.3) is 0 Å². The van der Waals surface area contributed by atoms with Crippen LogP contribution in [0.3, 0.4) is 0 Å². The van der Waals surface area contributed by atoms with Gasteiger partial charge in [0.05, 0.1) is 5.56 Å². The van der Waals surface area contributed by atoms with Gasteiger partial charge in [0.15, 0.2) is 0 Å². The molecule has 1 atom stereocenters. The van der Waals surface area contributed by atoms with Crippen LogP contribution in [0.15, 0.2) is 42.9 Å². The van der Waals surface area contributed by atoms with Crippen LogP contribution in [0.4, 0.5) is 13.2 Å². The Hall–Kier alpha value is -2.48. The molecule has 8 heteroatoms. The van der Waals surface area contributed by atoms with E-state index in [0.717, 1.165) is 44.3 Å². The van der Waals surface area contributed by atoms with Gasteiger partial charge in [0.25, 0.3) is 5.91 Å². The van der Waals surface area contributed by atoms with Gasteiger partial charge >= 0.3 is 6.18 Å². The average molecular weight is 378 g/mol. The SMILES string of the molecule is C[C@H](c1ccncc1)N1CCC(NC(=O)c2ccc(C(F)(F)F)nc2)CC1. The van der Waals surface area contributed by atoms with Crippen molar-refractivity contribution < 1.29 is 18.0 Å². The summed E-state index contributed by atoms with van der Waals surface area (Å²) in [4.78, 5) is 22.0. The van der Waals surface area contributed by atoms with E-state index in [1.807, 2.05) is 12.1 Å². The van der Waals surface area contributed by atoms with E-state index < -0.39 is 17.8 Å². The van der Waals surface area contributed by atoms with Crippen LogP contribution in [0.5, 0.6) is 0 Å². The molecular weight excluding hydrogens is 357 g/mol. The first-order valence-corrected chi connectivity index (χ1v) is 8.82. The monoisotopic (exact) mass is 378 g/mol. The molecule has 0 bridgehead atoms. The summed E-state index contributed by atoms with van der Waals surface area (Å²) in [6.45, 7) is 3.81. The van der Waals surface area contributed by atoms with Crippen LogP contribution in [0, 0.1) is 0 Å². The number of alkyl halides is 3. The zero-order valence-corrected chi connectivity index (χ0v) is 14.9. The summed E-state index contributed by atoms with van der Waals surface area (Å²) >= 11 is 0. The highest BCUT2D eigenvalue weighted by Gasteiger charge is 2.32. The van der Waals surface area contributed by atoms with Gasteiger partial charge in [0.2, 0.25) is 0 Å². The largest absolute Gasteiger partial charge is 0.433 e. The molecule has 0 spiro atoms. The zero-order valence-electron chi connectivity index (χ0n) is 14.9. The van der Waals surface area contributed by atoms with Gasteiger partial charge in [-0.3, -0.25) is 19.7 Å². The third kappa shape index (κ3) is 4.82. The molecule has 1 amide bonds. The van der Waals surface area contributed by atoms with Crippen molar-refractivity contribution in [2.45, 2.75) is 38.0 Å². The van der Waals surface area contributed by atoms with Gasteiger partial charge in [0.1, 0.15) is 5.69 Å². The fourth-order valence-electron chi connectivity index (χ4n) is 3.25. The Morgan fingerprint density at radius 1 is 1.19 bits per heavy atom. The maximum atomic E-state index is 12.5. The molecule has 0 saturated carbocycles. The first kappa shape index (κ1) is 19.3. The molecule has 1 fully saturated rings. The van der Waals surface area contributed by atoms with Crippen molar-refractivity contribution in [1.29, 1.82) is 0 Å². The fourth-order valence-corrected chi connectivity index (χ4v) is 3.25. The van der Waals surface area contributed by atoms with Gasteiger partial charge in [0, 0.05) is 43.8 Å². The topological polar surface area (TPSA) is 58.1 Å². The fraction of sp³-hybridized carbons (Fsp3) is 0.421. The molecular formula is C19H21F3N4O. The number of nitrogens with zero attached hydrogens (tertiary/aromatic N) is 3. The van der Waals surface area contributed by atoms with Crippen molar-refractivity contribution in [1.82, 2.24) is 20.2 Å². The Kier molecular flexibility index (Phi) is 5.74. The third-order valence-electron chi connectivity index (χ3n) is 4.92. The van der Waals surface area contributed by atoms with Crippen molar-refractivity contribution >= 4 is 5.91 Å². The van der Waals surface area contributed by atoms with Crippen molar-refractivity contribution in [3.05, 3.63) is 59.7 Å². The first-order valence-electron chi connectivity index (χ1n) is 8.82. The number of piperidine rings is 1. The van der Waals surface area contributed by atoms with Gasteiger partial charge < -0.3 is 5.32 Å². The predicted molar refractivity (Wildman–Crippen MR) is 94.0 cm³/mol. The molecule has 5 nitrogen and oxygen atoms in total. The van der Waals surface area contributed by atoms with Crippen molar-refractivity contribution in [2.24, 2.45) is 0 Å². The molecule has 144 valence electrons. The molecule has 1 saturated heterocycles. The zero-order chi connectivity index (χ0) is 19.4. The lowest BCUT2D eigenvalue weighted by molar-refractivity contribution is -0.141. The van der Waals surface area contributed by atoms with Crippen molar-refractivity contribution in [3.8, 4) is 0 Å². The van der Waals surface area contributed by atoms with Crippen LogP contribution in [0.1, 0.15) is 47.4 Å². The molecule has 1 aliphatic rings. The van der Waals surface area contributed by atoms with Gasteiger partial charge in [-0.15, -0.1) is 0 Å². The van der Waals surface area contributed by atoms with E-state index in [2.05, 4.69) is 27.1 Å².